The van der Waals surface area contributed by atoms with Crippen molar-refractivity contribution in [3.8, 4) is 0 Å². The van der Waals surface area contributed by atoms with Crippen LogP contribution < -0.4 is 0 Å². The van der Waals surface area contributed by atoms with Crippen LogP contribution in [0.3, 0.4) is 0 Å². The molecule has 0 aliphatic heterocycles. The molecule has 0 heterocycles. The Morgan fingerprint density at radius 3 is 2.25 bits per heavy atom. The van der Waals surface area contributed by atoms with E-state index in [0.29, 0.717) is 5.92 Å². The second-order valence-electron chi connectivity index (χ2n) is 3.68. The Morgan fingerprint density at radius 2 is 1.92 bits per heavy atom. The number of aliphatic carboxylic acids is 1. The molecular weight excluding hydrogens is 154 g/mol. The van der Waals surface area contributed by atoms with Gasteiger partial charge in [0.1, 0.15) is 6.04 Å². The molecule has 1 atom stereocenters. The van der Waals surface area contributed by atoms with Crippen LogP contribution in [0.2, 0.25) is 0 Å². The van der Waals surface area contributed by atoms with Crippen LogP contribution in [-0.2, 0) is 4.79 Å². The lowest BCUT2D eigenvalue weighted by atomic mass is 10.1. The number of carbonyl (C=O) groups is 1. The highest BCUT2D eigenvalue weighted by Crippen LogP contribution is 2.03. The number of rotatable bonds is 5. The van der Waals surface area contributed by atoms with Crippen molar-refractivity contribution >= 4 is 5.97 Å². The molecule has 0 saturated carbocycles. The lowest BCUT2D eigenvalue weighted by Crippen LogP contribution is -2.36. The lowest BCUT2D eigenvalue weighted by Gasteiger charge is -2.21. The Kier molecular flexibility index (Phi) is 4.90. The molecule has 3 nitrogen and oxygen atoms in total. The van der Waals surface area contributed by atoms with Crippen molar-refractivity contribution in [2.24, 2.45) is 5.92 Å². The van der Waals surface area contributed by atoms with E-state index < -0.39 is 5.97 Å². The third-order valence-corrected chi connectivity index (χ3v) is 2.08. The minimum atomic E-state index is -0.749. The molecular formula is C9H19NO2. The lowest BCUT2D eigenvalue weighted by molar-refractivity contribution is -0.142. The van der Waals surface area contributed by atoms with Gasteiger partial charge in [-0.15, -0.1) is 0 Å². The molecule has 0 saturated heterocycles. The monoisotopic (exact) mass is 173 g/mol. The molecule has 0 aliphatic rings. The average molecular weight is 173 g/mol. The fraction of sp³-hybridized carbons (Fsp3) is 0.889. The van der Waals surface area contributed by atoms with Crippen LogP contribution in [0.15, 0.2) is 0 Å². The molecule has 0 aliphatic carbocycles. The van der Waals surface area contributed by atoms with Gasteiger partial charge in [0.25, 0.3) is 0 Å². The van der Waals surface area contributed by atoms with E-state index in [0.717, 1.165) is 13.0 Å². The van der Waals surface area contributed by atoms with Crippen LogP contribution in [0.25, 0.3) is 0 Å². The summed E-state index contributed by atoms with van der Waals surface area (Å²) in [4.78, 5) is 12.4. The van der Waals surface area contributed by atoms with Crippen molar-refractivity contribution in [2.75, 3.05) is 13.6 Å². The van der Waals surface area contributed by atoms with Crippen LogP contribution in [-0.4, -0.2) is 35.6 Å². The van der Waals surface area contributed by atoms with Crippen LogP contribution in [0.5, 0.6) is 0 Å². The van der Waals surface area contributed by atoms with Crippen molar-refractivity contribution < 1.29 is 9.90 Å². The minimum Gasteiger partial charge on any atom is -0.480 e. The van der Waals surface area contributed by atoms with E-state index in [2.05, 4.69) is 13.8 Å². The normalized spacial score (nSPS) is 13.8. The van der Waals surface area contributed by atoms with Crippen molar-refractivity contribution in [1.82, 2.24) is 4.90 Å². The Hall–Kier alpha value is -0.570. The largest absolute Gasteiger partial charge is 0.480 e. The highest BCUT2D eigenvalue weighted by molar-refractivity contribution is 5.72. The van der Waals surface area contributed by atoms with Gasteiger partial charge < -0.3 is 5.11 Å². The van der Waals surface area contributed by atoms with Crippen molar-refractivity contribution in [1.29, 1.82) is 0 Å². The third kappa shape index (κ3) is 4.34. The fourth-order valence-electron chi connectivity index (χ4n) is 0.844. The maximum Gasteiger partial charge on any atom is 0.320 e. The topological polar surface area (TPSA) is 40.5 Å². The van der Waals surface area contributed by atoms with E-state index in [4.69, 9.17) is 5.11 Å². The molecule has 0 spiro atoms. The van der Waals surface area contributed by atoms with Crippen molar-refractivity contribution in [3.05, 3.63) is 0 Å². The Balaban J connectivity index is 3.71. The fourth-order valence-corrected chi connectivity index (χ4v) is 0.844. The van der Waals surface area contributed by atoms with E-state index in [-0.39, 0.29) is 6.04 Å². The zero-order valence-corrected chi connectivity index (χ0v) is 8.37. The van der Waals surface area contributed by atoms with Crippen LogP contribution in [0.4, 0.5) is 0 Å². The van der Waals surface area contributed by atoms with Gasteiger partial charge in [-0.2, -0.15) is 0 Å². The van der Waals surface area contributed by atoms with Crippen molar-refractivity contribution in [3.63, 3.8) is 0 Å². The van der Waals surface area contributed by atoms with Gasteiger partial charge in [0.15, 0.2) is 0 Å². The first-order valence-electron chi connectivity index (χ1n) is 4.38. The summed E-state index contributed by atoms with van der Waals surface area (Å²) >= 11 is 0. The second-order valence-corrected chi connectivity index (χ2v) is 3.68. The number of carboxylic acid groups (broad SMARTS) is 1. The van der Waals surface area contributed by atoms with Crippen molar-refractivity contribution in [2.45, 2.75) is 33.2 Å². The Bertz CT molecular complexity index is 145. The third-order valence-electron chi connectivity index (χ3n) is 2.08. The number of hydrogen-bond acceptors (Lipinski definition) is 2. The second kappa shape index (κ2) is 5.14. The first kappa shape index (κ1) is 11.4. The van der Waals surface area contributed by atoms with E-state index >= 15 is 0 Å². The molecule has 0 radical (unpaired) electrons. The molecule has 0 aromatic heterocycles. The highest BCUT2D eigenvalue weighted by atomic mass is 16.4. The van der Waals surface area contributed by atoms with E-state index in [1.807, 2.05) is 11.9 Å². The molecule has 0 fully saturated rings. The molecule has 1 unspecified atom stereocenters. The Labute approximate surface area is 74.4 Å². The highest BCUT2D eigenvalue weighted by Gasteiger charge is 2.15. The summed E-state index contributed by atoms with van der Waals surface area (Å²) in [6.07, 6.45) is 1.05. The summed E-state index contributed by atoms with van der Waals surface area (Å²) in [5.74, 6) is -0.116. The predicted molar refractivity (Wildman–Crippen MR) is 49.2 cm³/mol. The molecule has 3 heteroatoms. The van der Waals surface area contributed by atoms with Crippen LogP contribution in [0.1, 0.15) is 27.2 Å². The standard InChI is InChI=1S/C9H19NO2/c1-7(2)5-6-10(4)8(3)9(11)12/h7-8H,5-6H2,1-4H3,(H,11,12). The molecule has 0 bridgehead atoms. The molecule has 0 aromatic rings. The summed E-state index contributed by atoms with van der Waals surface area (Å²) in [5.41, 5.74) is 0. The number of nitrogens with zero attached hydrogens (tertiary/aromatic N) is 1. The number of hydrogen-bond donors (Lipinski definition) is 1. The molecule has 0 amide bonds. The summed E-state index contributed by atoms with van der Waals surface area (Å²) in [6, 6.07) is -0.372. The van der Waals surface area contributed by atoms with Gasteiger partial charge in [0.2, 0.25) is 0 Å². The maximum absolute atomic E-state index is 10.5. The molecule has 1 N–H and O–H groups in total. The van der Waals surface area contributed by atoms with Gasteiger partial charge >= 0.3 is 5.97 Å². The van der Waals surface area contributed by atoms with Gasteiger partial charge in [-0.3, -0.25) is 9.69 Å². The van der Waals surface area contributed by atoms with Gasteiger partial charge in [-0.25, -0.2) is 0 Å². The minimum absolute atomic E-state index is 0.372. The van der Waals surface area contributed by atoms with Gasteiger partial charge in [-0.1, -0.05) is 13.8 Å². The van der Waals surface area contributed by atoms with Gasteiger partial charge in [0.05, 0.1) is 0 Å². The average Bonchev–Trinajstić information content (AvgIpc) is 1.98. The quantitative estimate of drug-likeness (QED) is 0.684. The molecule has 0 rings (SSSR count). The maximum atomic E-state index is 10.5. The SMILES string of the molecule is CC(C)CCN(C)C(C)C(=O)O. The van der Waals surface area contributed by atoms with E-state index in [1.165, 1.54) is 0 Å². The van der Waals surface area contributed by atoms with Gasteiger partial charge in [0, 0.05) is 0 Å². The summed E-state index contributed by atoms with van der Waals surface area (Å²) in [7, 11) is 1.85. The van der Waals surface area contributed by atoms with Gasteiger partial charge in [-0.05, 0) is 32.9 Å². The molecule has 12 heavy (non-hydrogen) atoms. The van der Waals surface area contributed by atoms with Crippen LogP contribution in [0, 0.1) is 5.92 Å². The zero-order valence-electron chi connectivity index (χ0n) is 8.37. The summed E-state index contributed by atoms with van der Waals surface area (Å²) in [5, 5.41) is 8.68. The summed E-state index contributed by atoms with van der Waals surface area (Å²) < 4.78 is 0. The molecule has 0 aromatic carbocycles. The summed E-state index contributed by atoms with van der Waals surface area (Å²) in [6.45, 7) is 6.84. The number of carboxylic acids is 1. The smallest absolute Gasteiger partial charge is 0.320 e. The number of likely N-dealkylation sites (N-methyl/N-ethyl adjacent to an activating group) is 1. The molecule has 72 valence electrons. The van der Waals surface area contributed by atoms with E-state index in [1.54, 1.807) is 6.92 Å². The first-order chi connectivity index (χ1) is 5.45. The first-order valence-corrected chi connectivity index (χ1v) is 4.38. The zero-order chi connectivity index (χ0) is 9.72. The Morgan fingerprint density at radius 1 is 1.42 bits per heavy atom. The predicted octanol–water partition coefficient (Wildman–Crippen LogP) is 1.44. The van der Waals surface area contributed by atoms with Crippen LogP contribution >= 0.6 is 0 Å². The van der Waals surface area contributed by atoms with E-state index in [9.17, 15) is 4.79 Å².